The maximum atomic E-state index is 9.96. The summed E-state index contributed by atoms with van der Waals surface area (Å²) in [5.74, 6) is 0.840. The second kappa shape index (κ2) is 14.1. The first-order chi connectivity index (χ1) is 11.2. The lowest BCUT2D eigenvalue weighted by molar-refractivity contribution is 0.0975. The van der Waals surface area contributed by atoms with Crippen molar-refractivity contribution in [3.63, 3.8) is 0 Å². The molecule has 2 nitrogen and oxygen atoms in total. The fourth-order valence-corrected chi connectivity index (χ4v) is 3.03. The number of hydrogen-bond donors (Lipinski definition) is 1. The average Bonchev–Trinajstić information content (AvgIpc) is 2.56. The van der Waals surface area contributed by atoms with Crippen molar-refractivity contribution in [2.75, 3.05) is 6.61 Å². The van der Waals surface area contributed by atoms with Gasteiger partial charge in [-0.2, -0.15) is 0 Å². The number of benzene rings is 1. The van der Waals surface area contributed by atoms with Crippen LogP contribution in [0.5, 0.6) is 5.75 Å². The zero-order chi connectivity index (χ0) is 16.8. The Morgan fingerprint density at radius 2 is 1.39 bits per heavy atom. The molecule has 0 amide bonds. The van der Waals surface area contributed by atoms with Crippen molar-refractivity contribution >= 4 is 22.6 Å². The standard InChI is InChI=1S/C20H33IO2/c1-2-3-4-5-6-7-8-9-10-11-12-19(22)17-23-20-15-13-18(21)14-16-20/h13-16,19,22H,2-12,17H2,1H3. The van der Waals surface area contributed by atoms with Gasteiger partial charge in [0.2, 0.25) is 0 Å². The molecule has 0 saturated heterocycles. The summed E-state index contributed by atoms with van der Waals surface area (Å²) < 4.78 is 6.81. The van der Waals surface area contributed by atoms with Crippen molar-refractivity contribution in [2.24, 2.45) is 0 Å². The van der Waals surface area contributed by atoms with Crippen LogP contribution in [0.25, 0.3) is 0 Å². The Kier molecular flexibility index (Phi) is 12.7. The zero-order valence-electron chi connectivity index (χ0n) is 14.6. The normalized spacial score (nSPS) is 12.3. The highest BCUT2D eigenvalue weighted by atomic mass is 127. The molecular formula is C20H33IO2. The summed E-state index contributed by atoms with van der Waals surface area (Å²) >= 11 is 2.27. The molecule has 0 radical (unpaired) electrons. The first-order valence-electron chi connectivity index (χ1n) is 9.28. The van der Waals surface area contributed by atoms with E-state index in [4.69, 9.17) is 4.74 Å². The molecule has 1 rings (SSSR count). The minimum atomic E-state index is -0.344. The summed E-state index contributed by atoms with van der Waals surface area (Å²) in [5.41, 5.74) is 0. The van der Waals surface area contributed by atoms with Crippen molar-refractivity contribution in [3.05, 3.63) is 27.8 Å². The minimum absolute atomic E-state index is 0.344. The number of halogens is 1. The first-order valence-corrected chi connectivity index (χ1v) is 10.4. The lowest BCUT2D eigenvalue weighted by Crippen LogP contribution is -2.17. The van der Waals surface area contributed by atoms with Gasteiger partial charge in [-0.25, -0.2) is 0 Å². The molecule has 0 fully saturated rings. The molecule has 23 heavy (non-hydrogen) atoms. The van der Waals surface area contributed by atoms with E-state index in [0.717, 1.165) is 18.6 Å². The molecule has 0 aliphatic rings. The quantitative estimate of drug-likeness (QED) is 0.275. The molecule has 0 bridgehead atoms. The van der Waals surface area contributed by atoms with Crippen LogP contribution in [0, 0.1) is 3.57 Å². The molecule has 1 unspecified atom stereocenters. The van der Waals surface area contributed by atoms with Crippen LogP contribution in [0.2, 0.25) is 0 Å². The number of unbranched alkanes of at least 4 members (excludes halogenated alkanes) is 9. The Bertz CT molecular complexity index is 378. The van der Waals surface area contributed by atoms with E-state index in [2.05, 4.69) is 29.5 Å². The zero-order valence-corrected chi connectivity index (χ0v) is 16.8. The van der Waals surface area contributed by atoms with Crippen molar-refractivity contribution in [3.8, 4) is 5.75 Å². The molecule has 132 valence electrons. The number of aliphatic hydroxyl groups excluding tert-OH is 1. The summed E-state index contributed by atoms with van der Waals surface area (Å²) in [6, 6.07) is 7.94. The van der Waals surface area contributed by atoms with Crippen LogP contribution < -0.4 is 4.74 Å². The molecule has 0 aromatic heterocycles. The lowest BCUT2D eigenvalue weighted by atomic mass is 10.0. The van der Waals surface area contributed by atoms with Crippen LogP contribution in [-0.2, 0) is 0 Å². The molecule has 1 N–H and O–H groups in total. The Morgan fingerprint density at radius 1 is 0.870 bits per heavy atom. The van der Waals surface area contributed by atoms with Crippen LogP contribution in [0.1, 0.15) is 77.6 Å². The molecular weight excluding hydrogens is 399 g/mol. The van der Waals surface area contributed by atoms with Crippen molar-refractivity contribution in [2.45, 2.75) is 83.7 Å². The van der Waals surface area contributed by atoms with E-state index in [1.165, 1.54) is 61.4 Å². The van der Waals surface area contributed by atoms with Crippen LogP contribution in [0.4, 0.5) is 0 Å². The first kappa shape index (κ1) is 20.8. The molecule has 1 aromatic carbocycles. The summed E-state index contributed by atoms with van der Waals surface area (Å²) in [4.78, 5) is 0. The van der Waals surface area contributed by atoms with Gasteiger partial charge in [-0.15, -0.1) is 0 Å². The molecule has 1 atom stereocenters. The van der Waals surface area contributed by atoms with Crippen LogP contribution in [-0.4, -0.2) is 17.8 Å². The van der Waals surface area contributed by atoms with E-state index < -0.39 is 0 Å². The largest absolute Gasteiger partial charge is 0.491 e. The van der Waals surface area contributed by atoms with Gasteiger partial charge in [0.1, 0.15) is 12.4 Å². The minimum Gasteiger partial charge on any atom is -0.491 e. The van der Waals surface area contributed by atoms with Gasteiger partial charge in [0.15, 0.2) is 0 Å². The summed E-state index contributed by atoms with van der Waals surface area (Å²) in [7, 11) is 0. The van der Waals surface area contributed by atoms with Crippen molar-refractivity contribution in [1.82, 2.24) is 0 Å². The Morgan fingerprint density at radius 3 is 1.96 bits per heavy atom. The second-order valence-corrected chi connectivity index (χ2v) is 7.64. The average molecular weight is 432 g/mol. The van der Waals surface area contributed by atoms with E-state index in [9.17, 15) is 5.11 Å². The van der Waals surface area contributed by atoms with Gasteiger partial charge in [0.25, 0.3) is 0 Å². The van der Waals surface area contributed by atoms with Crippen LogP contribution in [0.15, 0.2) is 24.3 Å². The molecule has 0 aliphatic carbocycles. The number of aliphatic hydroxyl groups is 1. The summed E-state index contributed by atoms with van der Waals surface area (Å²) in [5, 5.41) is 9.96. The molecule has 3 heteroatoms. The molecule has 0 saturated carbocycles. The maximum Gasteiger partial charge on any atom is 0.119 e. The van der Waals surface area contributed by atoms with E-state index >= 15 is 0 Å². The van der Waals surface area contributed by atoms with Crippen LogP contribution >= 0.6 is 22.6 Å². The highest BCUT2D eigenvalue weighted by molar-refractivity contribution is 14.1. The number of hydrogen-bond acceptors (Lipinski definition) is 2. The third-order valence-corrected chi connectivity index (χ3v) is 4.87. The molecule has 1 aromatic rings. The second-order valence-electron chi connectivity index (χ2n) is 6.39. The smallest absolute Gasteiger partial charge is 0.119 e. The van der Waals surface area contributed by atoms with E-state index in [-0.39, 0.29) is 6.10 Å². The van der Waals surface area contributed by atoms with Gasteiger partial charge in [-0.05, 0) is 53.3 Å². The SMILES string of the molecule is CCCCCCCCCCCCC(O)COc1ccc(I)cc1. The third kappa shape index (κ3) is 11.8. The fourth-order valence-electron chi connectivity index (χ4n) is 2.67. The topological polar surface area (TPSA) is 29.5 Å². The van der Waals surface area contributed by atoms with Gasteiger partial charge in [0, 0.05) is 3.57 Å². The highest BCUT2D eigenvalue weighted by Gasteiger charge is 2.05. The van der Waals surface area contributed by atoms with Crippen LogP contribution in [0.3, 0.4) is 0 Å². The van der Waals surface area contributed by atoms with Crippen molar-refractivity contribution < 1.29 is 9.84 Å². The number of ether oxygens (including phenoxy) is 1. The van der Waals surface area contributed by atoms with Gasteiger partial charge in [0.05, 0.1) is 6.10 Å². The molecule has 0 heterocycles. The van der Waals surface area contributed by atoms with Gasteiger partial charge in [-0.3, -0.25) is 0 Å². The predicted molar refractivity (Wildman–Crippen MR) is 107 cm³/mol. The van der Waals surface area contributed by atoms with Crippen molar-refractivity contribution in [1.29, 1.82) is 0 Å². The Labute approximate surface area is 156 Å². The maximum absolute atomic E-state index is 9.96. The third-order valence-electron chi connectivity index (χ3n) is 4.15. The van der Waals surface area contributed by atoms with Gasteiger partial charge >= 0.3 is 0 Å². The monoisotopic (exact) mass is 432 g/mol. The Hall–Kier alpha value is -0.290. The molecule has 0 aliphatic heterocycles. The molecule has 0 spiro atoms. The predicted octanol–water partition coefficient (Wildman–Crippen LogP) is 6.34. The van der Waals surface area contributed by atoms with Gasteiger partial charge in [-0.1, -0.05) is 71.1 Å². The van der Waals surface area contributed by atoms with E-state index in [0.29, 0.717) is 6.61 Å². The lowest BCUT2D eigenvalue weighted by Gasteiger charge is -2.12. The van der Waals surface area contributed by atoms with Gasteiger partial charge < -0.3 is 9.84 Å². The fraction of sp³-hybridized carbons (Fsp3) is 0.700. The highest BCUT2D eigenvalue weighted by Crippen LogP contribution is 2.15. The summed E-state index contributed by atoms with van der Waals surface area (Å²) in [6.45, 7) is 2.66. The van der Waals surface area contributed by atoms with E-state index in [1.54, 1.807) is 0 Å². The Balaban J connectivity index is 1.90. The number of rotatable bonds is 14. The van der Waals surface area contributed by atoms with E-state index in [1.807, 2.05) is 24.3 Å². The summed E-state index contributed by atoms with van der Waals surface area (Å²) in [6.07, 6.45) is 13.8.